The van der Waals surface area contributed by atoms with Crippen LogP contribution in [-0.2, 0) is 11.2 Å². The average Bonchev–Trinajstić information content (AvgIpc) is 2.82. The fourth-order valence-electron chi connectivity index (χ4n) is 2.35. The number of imidazole rings is 1. The van der Waals surface area contributed by atoms with Crippen LogP contribution in [0.3, 0.4) is 0 Å². The summed E-state index contributed by atoms with van der Waals surface area (Å²) in [6.07, 6.45) is 8.15. The summed E-state index contributed by atoms with van der Waals surface area (Å²) in [7, 11) is 0. The molecule has 1 fully saturated rings. The summed E-state index contributed by atoms with van der Waals surface area (Å²) in [5, 5.41) is 2.97. The SMILES string of the molecule is NC1CCCC(C(=O)NCCc2cnc[nH]2)C1. The maximum absolute atomic E-state index is 11.9. The van der Waals surface area contributed by atoms with E-state index in [1.54, 1.807) is 12.5 Å². The van der Waals surface area contributed by atoms with Gasteiger partial charge in [-0.1, -0.05) is 6.42 Å². The lowest BCUT2D eigenvalue weighted by Gasteiger charge is -2.25. The number of carbonyl (C=O) groups excluding carboxylic acids is 1. The Morgan fingerprint density at radius 1 is 1.59 bits per heavy atom. The molecule has 1 heterocycles. The molecule has 0 aliphatic heterocycles. The van der Waals surface area contributed by atoms with E-state index in [-0.39, 0.29) is 17.9 Å². The first-order valence-corrected chi connectivity index (χ1v) is 6.26. The third-order valence-corrected chi connectivity index (χ3v) is 3.33. The maximum Gasteiger partial charge on any atom is 0.223 e. The first-order valence-electron chi connectivity index (χ1n) is 6.26. The Morgan fingerprint density at radius 2 is 2.47 bits per heavy atom. The van der Waals surface area contributed by atoms with Gasteiger partial charge in [0, 0.05) is 36.8 Å². The Labute approximate surface area is 101 Å². The summed E-state index contributed by atoms with van der Waals surface area (Å²) < 4.78 is 0. The minimum absolute atomic E-state index is 0.112. The summed E-state index contributed by atoms with van der Waals surface area (Å²) in [5.41, 5.74) is 6.92. The van der Waals surface area contributed by atoms with E-state index in [2.05, 4.69) is 15.3 Å². The van der Waals surface area contributed by atoms with E-state index >= 15 is 0 Å². The molecule has 2 unspecified atom stereocenters. The maximum atomic E-state index is 11.9. The van der Waals surface area contributed by atoms with Gasteiger partial charge < -0.3 is 16.0 Å². The molecule has 4 N–H and O–H groups in total. The van der Waals surface area contributed by atoms with Gasteiger partial charge in [-0.05, 0) is 19.3 Å². The van der Waals surface area contributed by atoms with Crippen molar-refractivity contribution in [2.24, 2.45) is 11.7 Å². The lowest BCUT2D eigenvalue weighted by Crippen LogP contribution is -2.38. The van der Waals surface area contributed by atoms with Gasteiger partial charge in [-0.3, -0.25) is 4.79 Å². The monoisotopic (exact) mass is 236 g/mol. The number of nitrogens with zero attached hydrogens (tertiary/aromatic N) is 1. The predicted octanol–water partition coefficient (Wildman–Crippen LogP) is 0.586. The van der Waals surface area contributed by atoms with Crippen molar-refractivity contribution in [3.05, 3.63) is 18.2 Å². The number of amides is 1. The smallest absolute Gasteiger partial charge is 0.223 e. The fourth-order valence-corrected chi connectivity index (χ4v) is 2.35. The van der Waals surface area contributed by atoms with Crippen LogP contribution in [0.5, 0.6) is 0 Å². The lowest BCUT2D eigenvalue weighted by molar-refractivity contribution is -0.126. The van der Waals surface area contributed by atoms with Crippen LogP contribution in [-0.4, -0.2) is 28.5 Å². The molecule has 0 spiro atoms. The normalized spacial score (nSPS) is 24.5. The van der Waals surface area contributed by atoms with Gasteiger partial charge in [0.1, 0.15) is 0 Å². The Balaban J connectivity index is 1.70. The highest BCUT2D eigenvalue weighted by molar-refractivity contribution is 5.78. The molecule has 5 nitrogen and oxygen atoms in total. The molecule has 2 atom stereocenters. The van der Waals surface area contributed by atoms with Crippen LogP contribution in [0.15, 0.2) is 12.5 Å². The summed E-state index contributed by atoms with van der Waals surface area (Å²) in [6, 6.07) is 0.201. The van der Waals surface area contributed by atoms with Gasteiger partial charge in [0.05, 0.1) is 6.33 Å². The van der Waals surface area contributed by atoms with Crippen molar-refractivity contribution in [2.75, 3.05) is 6.54 Å². The van der Waals surface area contributed by atoms with E-state index in [4.69, 9.17) is 5.73 Å². The van der Waals surface area contributed by atoms with Crippen molar-refractivity contribution >= 4 is 5.91 Å². The second-order valence-electron chi connectivity index (χ2n) is 4.74. The molecule has 0 bridgehead atoms. The second-order valence-corrected chi connectivity index (χ2v) is 4.74. The summed E-state index contributed by atoms with van der Waals surface area (Å²) in [6.45, 7) is 0.659. The Morgan fingerprint density at radius 3 is 3.18 bits per heavy atom. The zero-order chi connectivity index (χ0) is 12.1. The summed E-state index contributed by atoms with van der Waals surface area (Å²) in [4.78, 5) is 18.8. The number of nitrogens with two attached hydrogens (primary N) is 1. The van der Waals surface area contributed by atoms with Crippen LogP contribution < -0.4 is 11.1 Å². The highest BCUT2D eigenvalue weighted by Gasteiger charge is 2.24. The highest BCUT2D eigenvalue weighted by atomic mass is 16.1. The van der Waals surface area contributed by atoms with Crippen LogP contribution in [0.2, 0.25) is 0 Å². The quantitative estimate of drug-likeness (QED) is 0.715. The van der Waals surface area contributed by atoms with Crippen LogP contribution >= 0.6 is 0 Å². The van der Waals surface area contributed by atoms with Crippen LogP contribution in [0.25, 0.3) is 0 Å². The van der Waals surface area contributed by atoms with E-state index < -0.39 is 0 Å². The third-order valence-electron chi connectivity index (χ3n) is 3.33. The van der Waals surface area contributed by atoms with Gasteiger partial charge in [0.25, 0.3) is 0 Å². The molecule has 1 aliphatic rings. The highest BCUT2D eigenvalue weighted by Crippen LogP contribution is 2.22. The van der Waals surface area contributed by atoms with Crippen molar-refractivity contribution in [1.82, 2.24) is 15.3 Å². The molecular formula is C12H20N4O. The standard InChI is InChI=1S/C12H20N4O/c13-10-3-1-2-9(6-10)12(17)15-5-4-11-7-14-8-16-11/h7-10H,1-6,13H2,(H,14,16)(H,15,17). The van der Waals surface area contributed by atoms with Crippen LogP contribution in [0, 0.1) is 5.92 Å². The van der Waals surface area contributed by atoms with Gasteiger partial charge in [-0.15, -0.1) is 0 Å². The minimum atomic E-state index is 0.112. The van der Waals surface area contributed by atoms with Gasteiger partial charge in [-0.2, -0.15) is 0 Å². The number of aromatic nitrogens is 2. The van der Waals surface area contributed by atoms with Crippen molar-refractivity contribution in [2.45, 2.75) is 38.1 Å². The molecule has 17 heavy (non-hydrogen) atoms. The minimum Gasteiger partial charge on any atom is -0.355 e. The molecule has 5 heteroatoms. The number of nitrogens with one attached hydrogen (secondary N) is 2. The fraction of sp³-hybridized carbons (Fsp3) is 0.667. The molecule has 1 aromatic heterocycles. The van der Waals surface area contributed by atoms with Gasteiger partial charge >= 0.3 is 0 Å². The Bertz CT molecular complexity index is 349. The molecule has 94 valence electrons. The van der Waals surface area contributed by atoms with E-state index in [9.17, 15) is 4.79 Å². The Kier molecular flexibility index (Phi) is 4.14. The zero-order valence-corrected chi connectivity index (χ0v) is 9.98. The Hall–Kier alpha value is -1.36. The molecule has 1 saturated carbocycles. The van der Waals surface area contributed by atoms with Gasteiger partial charge in [0.15, 0.2) is 0 Å². The van der Waals surface area contributed by atoms with Crippen LogP contribution in [0.1, 0.15) is 31.4 Å². The topological polar surface area (TPSA) is 83.8 Å². The third kappa shape index (κ3) is 3.56. The molecule has 1 aliphatic carbocycles. The average molecular weight is 236 g/mol. The first-order chi connectivity index (χ1) is 8.25. The van der Waals surface area contributed by atoms with Crippen molar-refractivity contribution in [3.63, 3.8) is 0 Å². The van der Waals surface area contributed by atoms with E-state index in [0.717, 1.165) is 37.8 Å². The number of H-pyrrole nitrogens is 1. The number of hydrogen-bond donors (Lipinski definition) is 3. The molecule has 0 radical (unpaired) electrons. The lowest BCUT2D eigenvalue weighted by atomic mass is 9.85. The van der Waals surface area contributed by atoms with E-state index in [0.29, 0.717) is 6.54 Å². The molecule has 1 amide bonds. The van der Waals surface area contributed by atoms with Gasteiger partial charge in [-0.25, -0.2) is 4.98 Å². The number of carbonyl (C=O) groups is 1. The van der Waals surface area contributed by atoms with Crippen molar-refractivity contribution < 1.29 is 4.79 Å². The molecule has 0 aromatic carbocycles. The van der Waals surface area contributed by atoms with Crippen molar-refractivity contribution in [1.29, 1.82) is 0 Å². The number of hydrogen-bond acceptors (Lipinski definition) is 3. The molecule has 1 aromatic rings. The predicted molar refractivity (Wildman–Crippen MR) is 65.2 cm³/mol. The van der Waals surface area contributed by atoms with Crippen molar-refractivity contribution in [3.8, 4) is 0 Å². The molecular weight excluding hydrogens is 216 g/mol. The first kappa shape index (κ1) is 12.1. The molecule has 0 saturated heterocycles. The molecule has 2 rings (SSSR count). The van der Waals surface area contributed by atoms with E-state index in [1.165, 1.54) is 0 Å². The zero-order valence-electron chi connectivity index (χ0n) is 9.98. The number of rotatable bonds is 4. The van der Waals surface area contributed by atoms with Gasteiger partial charge in [0.2, 0.25) is 5.91 Å². The largest absolute Gasteiger partial charge is 0.355 e. The number of aromatic amines is 1. The second kappa shape index (κ2) is 5.82. The summed E-state index contributed by atoms with van der Waals surface area (Å²) in [5.74, 6) is 0.264. The summed E-state index contributed by atoms with van der Waals surface area (Å²) >= 11 is 0. The van der Waals surface area contributed by atoms with Crippen LogP contribution in [0.4, 0.5) is 0 Å². The van der Waals surface area contributed by atoms with E-state index in [1.807, 2.05) is 0 Å².